The molecule has 1 aromatic heterocycles. The first-order valence-electron chi connectivity index (χ1n) is 8.72. The Morgan fingerprint density at radius 2 is 1.77 bits per heavy atom. The molecule has 3 rings (SSSR count). The molecule has 0 fully saturated rings. The van der Waals surface area contributed by atoms with Crippen molar-refractivity contribution in [3.8, 4) is 0 Å². The molecule has 0 aliphatic rings. The van der Waals surface area contributed by atoms with Crippen molar-refractivity contribution in [2.45, 2.75) is 19.9 Å². The van der Waals surface area contributed by atoms with Crippen molar-refractivity contribution in [2.75, 3.05) is 19.0 Å². The largest absolute Gasteiger partial charge is 0.378 e. The number of aromatic nitrogens is 2. The number of hydrogen-bond acceptors (Lipinski definition) is 2. The molecule has 0 aliphatic carbocycles. The molecule has 26 heavy (non-hydrogen) atoms. The number of rotatable bonds is 6. The summed E-state index contributed by atoms with van der Waals surface area (Å²) in [5, 5.41) is 5.40. The van der Waals surface area contributed by atoms with E-state index < -0.39 is 0 Å². The lowest BCUT2D eigenvalue weighted by Gasteiger charge is -2.11. The second-order valence-electron chi connectivity index (χ2n) is 6.40. The molecule has 0 N–H and O–H groups in total. The minimum Gasteiger partial charge on any atom is -0.378 e. The van der Waals surface area contributed by atoms with Gasteiger partial charge in [-0.15, -0.1) is 4.68 Å². The van der Waals surface area contributed by atoms with Crippen LogP contribution in [-0.4, -0.2) is 25.0 Å². The van der Waals surface area contributed by atoms with Gasteiger partial charge in [0.2, 0.25) is 0 Å². The van der Waals surface area contributed by atoms with Crippen LogP contribution >= 0.6 is 11.6 Å². The summed E-state index contributed by atoms with van der Waals surface area (Å²) >= 11 is 5.97. The van der Waals surface area contributed by atoms with Crippen molar-refractivity contribution >= 4 is 23.5 Å². The molecule has 0 bridgehead atoms. The van der Waals surface area contributed by atoms with Gasteiger partial charge in [-0.3, -0.25) is 0 Å². The van der Waals surface area contributed by atoms with Gasteiger partial charge in [-0.05, 0) is 35.4 Å². The Labute approximate surface area is 160 Å². The third kappa shape index (κ3) is 4.33. The van der Waals surface area contributed by atoms with Crippen LogP contribution in [-0.2, 0) is 13.0 Å². The summed E-state index contributed by atoms with van der Waals surface area (Å²) in [5.74, 6) is 1.15. The molecule has 3 aromatic rings. The summed E-state index contributed by atoms with van der Waals surface area (Å²) in [5.41, 5.74) is 3.48. The smallest absolute Gasteiger partial charge is 0.282 e. The van der Waals surface area contributed by atoms with Crippen molar-refractivity contribution in [3.05, 3.63) is 82.9 Å². The first-order valence-corrected chi connectivity index (χ1v) is 9.10. The fraction of sp³-hybridized carbons (Fsp3) is 0.238. The quantitative estimate of drug-likeness (QED) is 0.477. The van der Waals surface area contributed by atoms with Crippen LogP contribution in [0.3, 0.4) is 0 Å². The molecule has 0 amide bonds. The Morgan fingerprint density at radius 1 is 1.08 bits per heavy atom. The molecule has 0 spiro atoms. The topological polar surface area (TPSA) is 24.4 Å². The molecule has 5 heteroatoms. The molecule has 0 atom stereocenters. The van der Waals surface area contributed by atoms with E-state index in [9.17, 15) is 0 Å². The van der Waals surface area contributed by atoms with E-state index in [1.165, 1.54) is 11.3 Å². The number of hydrogen-bond donors (Lipinski definition) is 0. The predicted molar refractivity (Wildman–Crippen MR) is 108 cm³/mol. The highest BCUT2D eigenvalue weighted by Crippen LogP contribution is 2.12. The van der Waals surface area contributed by atoms with Crippen molar-refractivity contribution in [1.82, 2.24) is 4.68 Å². The van der Waals surface area contributed by atoms with Gasteiger partial charge in [-0.1, -0.05) is 47.9 Å². The van der Waals surface area contributed by atoms with Gasteiger partial charge >= 0.3 is 0 Å². The van der Waals surface area contributed by atoms with E-state index in [4.69, 9.17) is 11.6 Å². The summed E-state index contributed by atoms with van der Waals surface area (Å²) in [6, 6.07) is 16.3. The van der Waals surface area contributed by atoms with Crippen LogP contribution in [0.15, 0.2) is 66.0 Å². The fourth-order valence-corrected chi connectivity index (χ4v) is 2.96. The maximum Gasteiger partial charge on any atom is 0.282 e. The van der Waals surface area contributed by atoms with Crippen LogP contribution in [0.1, 0.15) is 23.9 Å². The second kappa shape index (κ2) is 8.19. The molecule has 1 heterocycles. The number of halogens is 1. The van der Waals surface area contributed by atoms with E-state index >= 15 is 0 Å². The zero-order valence-electron chi connectivity index (χ0n) is 15.4. The van der Waals surface area contributed by atoms with E-state index in [1.807, 2.05) is 43.3 Å². The molecule has 0 unspecified atom stereocenters. The van der Waals surface area contributed by atoms with Crippen LogP contribution in [0.4, 0.5) is 5.69 Å². The Hall–Kier alpha value is -2.59. The lowest BCUT2D eigenvalue weighted by atomic mass is 10.2. The number of imidazole rings is 1. The minimum absolute atomic E-state index is 0.761. The van der Waals surface area contributed by atoms with Crippen LogP contribution in [0.2, 0.25) is 5.02 Å². The van der Waals surface area contributed by atoms with Gasteiger partial charge in [0.15, 0.2) is 6.20 Å². The molecule has 0 radical (unpaired) electrons. The zero-order chi connectivity index (χ0) is 18.5. The molecule has 0 aliphatic heterocycles. The number of anilines is 1. The molecular weight excluding hydrogens is 344 g/mol. The number of benzene rings is 2. The second-order valence-corrected chi connectivity index (χ2v) is 6.83. The van der Waals surface area contributed by atoms with Crippen molar-refractivity contribution in [1.29, 1.82) is 0 Å². The third-order valence-electron chi connectivity index (χ3n) is 4.31. The molecule has 0 saturated heterocycles. The van der Waals surface area contributed by atoms with Gasteiger partial charge in [-0.25, -0.2) is 4.57 Å². The third-order valence-corrected chi connectivity index (χ3v) is 4.56. The molecule has 0 saturated carbocycles. The van der Waals surface area contributed by atoms with Crippen molar-refractivity contribution < 1.29 is 4.57 Å². The van der Waals surface area contributed by atoms with Crippen LogP contribution < -0.4 is 9.47 Å². The minimum atomic E-state index is 0.761. The first kappa shape index (κ1) is 18.2. The van der Waals surface area contributed by atoms with Gasteiger partial charge in [0.1, 0.15) is 12.7 Å². The molecule has 134 valence electrons. The first-order chi connectivity index (χ1) is 12.6. The Morgan fingerprint density at radius 3 is 2.38 bits per heavy atom. The molecular formula is C21H24ClN4+. The van der Waals surface area contributed by atoms with Gasteiger partial charge in [0.05, 0.1) is 6.21 Å². The summed E-state index contributed by atoms with van der Waals surface area (Å²) < 4.78 is 4.16. The lowest BCUT2D eigenvalue weighted by molar-refractivity contribution is -0.695. The van der Waals surface area contributed by atoms with Gasteiger partial charge in [0, 0.05) is 31.2 Å². The highest BCUT2D eigenvalue weighted by molar-refractivity contribution is 6.30. The Kier molecular flexibility index (Phi) is 5.74. The maximum atomic E-state index is 5.97. The van der Waals surface area contributed by atoms with E-state index in [-0.39, 0.29) is 0 Å². The molecule has 2 aromatic carbocycles. The average molecular weight is 368 g/mol. The van der Waals surface area contributed by atoms with Crippen LogP contribution in [0, 0.1) is 0 Å². The molecule has 4 nitrogen and oxygen atoms in total. The van der Waals surface area contributed by atoms with Gasteiger partial charge in [0.25, 0.3) is 5.82 Å². The normalized spacial score (nSPS) is 11.2. The summed E-state index contributed by atoms with van der Waals surface area (Å²) in [4.78, 5) is 2.09. The SMILES string of the molecule is CCc1n(/N=C/c2ccc(N(C)C)cc2)cc[n+]1Cc1ccc(Cl)cc1. The zero-order valence-corrected chi connectivity index (χ0v) is 16.2. The van der Waals surface area contributed by atoms with Crippen molar-refractivity contribution in [2.24, 2.45) is 5.10 Å². The summed E-state index contributed by atoms with van der Waals surface area (Å²) in [6.07, 6.45) is 6.86. The maximum absolute atomic E-state index is 5.97. The fourth-order valence-electron chi connectivity index (χ4n) is 2.84. The monoisotopic (exact) mass is 367 g/mol. The van der Waals surface area contributed by atoms with E-state index in [2.05, 4.69) is 64.1 Å². The van der Waals surface area contributed by atoms with Gasteiger partial charge in [-0.2, -0.15) is 0 Å². The van der Waals surface area contributed by atoms with Crippen LogP contribution in [0.25, 0.3) is 0 Å². The average Bonchev–Trinajstić information content (AvgIpc) is 3.03. The van der Waals surface area contributed by atoms with E-state index in [0.717, 1.165) is 29.4 Å². The predicted octanol–water partition coefficient (Wildman–Crippen LogP) is 3.99. The van der Waals surface area contributed by atoms with Crippen molar-refractivity contribution in [3.63, 3.8) is 0 Å². The lowest BCUT2D eigenvalue weighted by Crippen LogP contribution is -2.37. The van der Waals surface area contributed by atoms with E-state index in [0.29, 0.717) is 0 Å². The highest BCUT2D eigenvalue weighted by atomic mass is 35.5. The summed E-state index contributed by atoms with van der Waals surface area (Å²) in [6.45, 7) is 2.95. The summed E-state index contributed by atoms with van der Waals surface area (Å²) in [7, 11) is 4.08. The van der Waals surface area contributed by atoms with E-state index in [1.54, 1.807) is 0 Å². The van der Waals surface area contributed by atoms with Gasteiger partial charge < -0.3 is 4.90 Å². The Bertz CT molecular complexity index is 877. The van der Waals surface area contributed by atoms with Crippen LogP contribution in [0.5, 0.6) is 0 Å². The number of nitrogens with zero attached hydrogens (tertiary/aromatic N) is 4. The highest BCUT2D eigenvalue weighted by Gasteiger charge is 2.15. The Balaban J connectivity index is 1.78. The standard InChI is InChI=1S/C21H24ClN4/c1-4-21-25(16-18-5-9-19(22)10-6-18)13-14-26(21)23-15-17-7-11-20(12-8-17)24(2)3/h5-15H,4,16H2,1-3H3/q+1/b23-15+.